The van der Waals surface area contributed by atoms with E-state index in [-0.39, 0.29) is 30.4 Å². The minimum atomic E-state index is -0.128. The van der Waals surface area contributed by atoms with Crippen LogP contribution < -0.4 is 10.6 Å². The Balaban J connectivity index is 1.82. The SMILES string of the molecule is CCCN(CC(=O)NCC(C)(C)N1CCOCC1)CC(=O)Nc1ccccc1C. The number of para-hydroxylation sites is 1. The van der Waals surface area contributed by atoms with E-state index < -0.39 is 0 Å². The van der Waals surface area contributed by atoms with E-state index in [2.05, 4.69) is 29.4 Å². The van der Waals surface area contributed by atoms with Crippen molar-refractivity contribution in [1.82, 2.24) is 15.1 Å². The van der Waals surface area contributed by atoms with Crippen molar-refractivity contribution in [1.29, 1.82) is 0 Å². The summed E-state index contributed by atoms with van der Waals surface area (Å²) in [4.78, 5) is 29.2. The van der Waals surface area contributed by atoms with Crippen molar-refractivity contribution in [2.45, 2.75) is 39.7 Å². The molecule has 1 aliphatic rings. The van der Waals surface area contributed by atoms with E-state index in [1.54, 1.807) is 0 Å². The molecule has 29 heavy (non-hydrogen) atoms. The van der Waals surface area contributed by atoms with Gasteiger partial charge in [-0.25, -0.2) is 0 Å². The molecule has 0 saturated carbocycles. The maximum absolute atomic E-state index is 12.5. The third-order valence-corrected chi connectivity index (χ3v) is 5.28. The summed E-state index contributed by atoms with van der Waals surface area (Å²) < 4.78 is 5.41. The normalized spacial score (nSPS) is 15.3. The predicted octanol–water partition coefficient (Wildman–Crippen LogP) is 1.87. The number of nitrogens with zero attached hydrogens (tertiary/aromatic N) is 2. The Morgan fingerprint density at radius 3 is 2.45 bits per heavy atom. The fraction of sp³-hybridized carbons (Fsp3) is 0.636. The van der Waals surface area contributed by atoms with Gasteiger partial charge in [-0.15, -0.1) is 0 Å². The summed E-state index contributed by atoms with van der Waals surface area (Å²) >= 11 is 0. The van der Waals surface area contributed by atoms with E-state index >= 15 is 0 Å². The molecule has 0 aliphatic carbocycles. The zero-order chi connectivity index (χ0) is 21.3. The molecule has 0 atom stereocenters. The van der Waals surface area contributed by atoms with Crippen LogP contribution in [0.15, 0.2) is 24.3 Å². The van der Waals surface area contributed by atoms with Gasteiger partial charge in [-0.2, -0.15) is 0 Å². The molecule has 2 amide bonds. The fourth-order valence-corrected chi connectivity index (χ4v) is 3.49. The highest BCUT2D eigenvalue weighted by Crippen LogP contribution is 2.15. The van der Waals surface area contributed by atoms with Gasteiger partial charge in [0.25, 0.3) is 0 Å². The van der Waals surface area contributed by atoms with E-state index in [4.69, 9.17) is 4.74 Å². The molecule has 0 spiro atoms. The first-order valence-electron chi connectivity index (χ1n) is 10.5. The van der Waals surface area contributed by atoms with Gasteiger partial charge in [-0.1, -0.05) is 25.1 Å². The predicted molar refractivity (Wildman–Crippen MR) is 116 cm³/mol. The number of aryl methyl sites for hydroxylation is 1. The lowest BCUT2D eigenvalue weighted by molar-refractivity contribution is -0.124. The number of ether oxygens (including phenoxy) is 1. The van der Waals surface area contributed by atoms with Gasteiger partial charge in [0.15, 0.2) is 0 Å². The van der Waals surface area contributed by atoms with Crippen LogP contribution in [0.2, 0.25) is 0 Å². The molecule has 1 fully saturated rings. The minimum absolute atomic E-state index is 0.0523. The maximum Gasteiger partial charge on any atom is 0.238 e. The standard InChI is InChI=1S/C22H36N4O3/c1-5-10-25(16-21(28)24-19-9-7-6-8-18(19)2)15-20(27)23-17-22(3,4)26-11-13-29-14-12-26/h6-9H,5,10-17H2,1-4H3,(H,23,27)(H,24,28). The first-order valence-corrected chi connectivity index (χ1v) is 10.5. The van der Waals surface area contributed by atoms with Crippen molar-refractivity contribution in [2.24, 2.45) is 0 Å². The van der Waals surface area contributed by atoms with Gasteiger partial charge >= 0.3 is 0 Å². The Hall–Kier alpha value is -1.96. The lowest BCUT2D eigenvalue weighted by atomic mass is 10.0. The maximum atomic E-state index is 12.5. The number of benzene rings is 1. The molecule has 7 heteroatoms. The second-order valence-corrected chi connectivity index (χ2v) is 8.26. The summed E-state index contributed by atoms with van der Waals surface area (Å²) in [6, 6.07) is 7.69. The lowest BCUT2D eigenvalue weighted by Crippen LogP contribution is -2.56. The molecule has 2 rings (SSSR count). The fourth-order valence-electron chi connectivity index (χ4n) is 3.49. The molecule has 162 valence electrons. The number of anilines is 1. The van der Waals surface area contributed by atoms with Gasteiger partial charge < -0.3 is 15.4 Å². The average Bonchev–Trinajstić information content (AvgIpc) is 2.69. The highest BCUT2D eigenvalue weighted by molar-refractivity contribution is 5.93. The van der Waals surface area contributed by atoms with Gasteiger partial charge in [0.05, 0.1) is 26.3 Å². The highest BCUT2D eigenvalue weighted by atomic mass is 16.5. The van der Waals surface area contributed by atoms with Crippen LogP contribution >= 0.6 is 0 Å². The lowest BCUT2D eigenvalue weighted by Gasteiger charge is -2.41. The molecular formula is C22H36N4O3. The van der Waals surface area contributed by atoms with Crippen LogP contribution in [-0.2, 0) is 14.3 Å². The van der Waals surface area contributed by atoms with Crippen molar-refractivity contribution in [2.75, 3.05) is 57.8 Å². The van der Waals surface area contributed by atoms with Gasteiger partial charge in [0.2, 0.25) is 11.8 Å². The molecule has 0 aromatic heterocycles. The minimum Gasteiger partial charge on any atom is -0.379 e. The second-order valence-electron chi connectivity index (χ2n) is 8.26. The largest absolute Gasteiger partial charge is 0.379 e. The van der Waals surface area contributed by atoms with E-state index in [0.717, 1.165) is 44.0 Å². The zero-order valence-corrected chi connectivity index (χ0v) is 18.3. The number of hydrogen-bond donors (Lipinski definition) is 2. The summed E-state index contributed by atoms with van der Waals surface area (Å²) in [5.41, 5.74) is 1.70. The van der Waals surface area contributed by atoms with E-state index in [1.807, 2.05) is 43.0 Å². The summed E-state index contributed by atoms with van der Waals surface area (Å²) in [5.74, 6) is -0.155. The number of nitrogens with one attached hydrogen (secondary N) is 2. The van der Waals surface area contributed by atoms with Crippen LogP contribution in [0.5, 0.6) is 0 Å². The van der Waals surface area contributed by atoms with Crippen LogP contribution in [0, 0.1) is 6.92 Å². The van der Waals surface area contributed by atoms with Crippen LogP contribution in [0.1, 0.15) is 32.8 Å². The molecule has 1 aromatic rings. The molecule has 0 radical (unpaired) electrons. The van der Waals surface area contributed by atoms with Crippen molar-refractivity contribution >= 4 is 17.5 Å². The Bertz CT molecular complexity index is 672. The van der Waals surface area contributed by atoms with Crippen molar-refractivity contribution in [3.63, 3.8) is 0 Å². The zero-order valence-electron chi connectivity index (χ0n) is 18.3. The smallest absolute Gasteiger partial charge is 0.238 e. The van der Waals surface area contributed by atoms with Gasteiger partial charge in [-0.05, 0) is 45.4 Å². The molecule has 0 unspecified atom stereocenters. The van der Waals surface area contributed by atoms with Crippen molar-refractivity contribution in [3.05, 3.63) is 29.8 Å². The second kappa shape index (κ2) is 11.3. The first-order chi connectivity index (χ1) is 13.8. The Kier molecular flexibility index (Phi) is 9.07. The van der Waals surface area contributed by atoms with E-state index in [1.165, 1.54) is 0 Å². The average molecular weight is 405 g/mol. The van der Waals surface area contributed by atoms with Crippen molar-refractivity contribution in [3.8, 4) is 0 Å². The molecule has 1 aliphatic heterocycles. The molecule has 0 bridgehead atoms. The Labute approximate surface area is 174 Å². The molecule has 1 saturated heterocycles. The van der Waals surface area contributed by atoms with Crippen molar-refractivity contribution < 1.29 is 14.3 Å². The number of rotatable bonds is 10. The number of morpholine rings is 1. The van der Waals surface area contributed by atoms with E-state index in [9.17, 15) is 9.59 Å². The molecule has 1 aromatic carbocycles. The highest BCUT2D eigenvalue weighted by Gasteiger charge is 2.28. The molecule has 1 heterocycles. The Morgan fingerprint density at radius 2 is 1.79 bits per heavy atom. The van der Waals surface area contributed by atoms with Crippen LogP contribution in [-0.4, -0.2) is 79.6 Å². The Morgan fingerprint density at radius 1 is 1.14 bits per heavy atom. The molecule has 7 nitrogen and oxygen atoms in total. The third kappa shape index (κ3) is 7.76. The first kappa shape index (κ1) is 23.3. The van der Waals surface area contributed by atoms with Crippen LogP contribution in [0.3, 0.4) is 0 Å². The quantitative estimate of drug-likeness (QED) is 0.623. The number of amides is 2. The summed E-state index contributed by atoms with van der Waals surface area (Å²) in [7, 11) is 0. The van der Waals surface area contributed by atoms with Gasteiger partial charge in [0, 0.05) is 30.9 Å². The topological polar surface area (TPSA) is 73.9 Å². The van der Waals surface area contributed by atoms with Crippen LogP contribution in [0.4, 0.5) is 5.69 Å². The molecular weight excluding hydrogens is 368 g/mol. The summed E-state index contributed by atoms with van der Waals surface area (Å²) in [6.07, 6.45) is 0.879. The van der Waals surface area contributed by atoms with Gasteiger partial charge in [-0.3, -0.25) is 19.4 Å². The number of carbonyl (C=O) groups excluding carboxylic acids is 2. The number of carbonyl (C=O) groups is 2. The van der Waals surface area contributed by atoms with Gasteiger partial charge in [0.1, 0.15) is 0 Å². The summed E-state index contributed by atoms with van der Waals surface area (Å²) in [5, 5.41) is 5.99. The van der Waals surface area contributed by atoms with Crippen LogP contribution in [0.25, 0.3) is 0 Å². The number of hydrogen-bond acceptors (Lipinski definition) is 5. The third-order valence-electron chi connectivity index (χ3n) is 5.28. The summed E-state index contributed by atoms with van der Waals surface area (Å²) in [6.45, 7) is 13.2. The van der Waals surface area contributed by atoms with E-state index in [0.29, 0.717) is 13.1 Å². The monoisotopic (exact) mass is 404 g/mol. The molecule has 2 N–H and O–H groups in total.